The number of anilines is 1. The summed E-state index contributed by atoms with van der Waals surface area (Å²) in [5.74, 6) is 2.52. The van der Waals surface area contributed by atoms with Crippen molar-refractivity contribution in [2.45, 2.75) is 46.6 Å². The number of unbranched alkanes of at least 4 members (excludes halogenated alkanes) is 1. The molecular formula is C22H31NO2. The van der Waals surface area contributed by atoms with Gasteiger partial charge in [0.15, 0.2) is 0 Å². The number of hydrogen-bond acceptors (Lipinski definition) is 3. The quantitative estimate of drug-likeness (QED) is 0.516. The average Bonchev–Trinajstić information content (AvgIpc) is 2.62. The highest BCUT2D eigenvalue weighted by Gasteiger charge is 2.06. The summed E-state index contributed by atoms with van der Waals surface area (Å²) in [6.45, 7) is 8.82. The van der Waals surface area contributed by atoms with Crippen LogP contribution < -0.4 is 14.8 Å². The lowest BCUT2D eigenvalue weighted by molar-refractivity contribution is 0.287. The molecule has 0 saturated heterocycles. The fourth-order valence-corrected chi connectivity index (χ4v) is 2.45. The van der Waals surface area contributed by atoms with Crippen molar-refractivity contribution in [2.24, 2.45) is 5.92 Å². The normalized spacial score (nSPS) is 10.7. The number of nitrogens with one attached hydrogen (secondary N) is 1. The molecule has 1 N–H and O–H groups in total. The predicted molar refractivity (Wildman–Crippen MR) is 106 cm³/mol. The fourth-order valence-electron chi connectivity index (χ4n) is 2.45. The van der Waals surface area contributed by atoms with Crippen LogP contribution in [0.3, 0.4) is 0 Å². The molecule has 25 heavy (non-hydrogen) atoms. The summed E-state index contributed by atoms with van der Waals surface area (Å²) in [6.07, 6.45) is 3.27. The first kappa shape index (κ1) is 19.2. The van der Waals surface area contributed by atoms with Gasteiger partial charge in [-0.1, -0.05) is 57.5 Å². The number of benzene rings is 2. The van der Waals surface area contributed by atoms with Gasteiger partial charge in [0, 0.05) is 12.1 Å². The van der Waals surface area contributed by atoms with Crippen LogP contribution in [0.2, 0.25) is 0 Å². The molecular weight excluding hydrogens is 310 g/mol. The van der Waals surface area contributed by atoms with Gasteiger partial charge >= 0.3 is 0 Å². The van der Waals surface area contributed by atoms with Crippen molar-refractivity contribution < 1.29 is 9.47 Å². The van der Waals surface area contributed by atoms with E-state index in [1.807, 2.05) is 30.3 Å². The van der Waals surface area contributed by atoms with Crippen LogP contribution in [-0.4, -0.2) is 13.2 Å². The molecule has 0 aromatic heterocycles. The molecule has 3 nitrogen and oxygen atoms in total. The van der Waals surface area contributed by atoms with Gasteiger partial charge in [-0.3, -0.25) is 0 Å². The maximum Gasteiger partial charge on any atom is 0.142 e. The molecule has 0 radical (unpaired) electrons. The van der Waals surface area contributed by atoms with E-state index in [9.17, 15) is 0 Å². The third kappa shape index (κ3) is 6.69. The number of para-hydroxylation sites is 3. The molecule has 2 rings (SSSR count). The Hall–Kier alpha value is -2.16. The van der Waals surface area contributed by atoms with E-state index in [0.717, 1.165) is 55.2 Å². The zero-order valence-corrected chi connectivity index (χ0v) is 15.8. The SMILES string of the molecule is CCCCOc1ccccc1NCc1ccccc1OCCC(C)C. The van der Waals surface area contributed by atoms with Crippen LogP contribution in [0.1, 0.15) is 45.6 Å². The second-order valence-electron chi connectivity index (χ2n) is 6.69. The molecule has 2 aromatic carbocycles. The maximum absolute atomic E-state index is 5.97. The summed E-state index contributed by atoms with van der Waals surface area (Å²) in [5, 5.41) is 3.49. The molecule has 0 saturated carbocycles. The van der Waals surface area contributed by atoms with Crippen LogP contribution >= 0.6 is 0 Å². The molecule has 136 valence electrons. The lowest BCUT2D eigenvalue weighted by Crippen LogP contribution is -2.07. The third-order valence-corrected chi connectivity index (χ3v) is 4.04. The van der Waals surface area contributed by atoms with Gasteiger partial charge in [-0.2, -0.15) is 0 Å². The van der Waals surface area contributed by atoms with E-state index in [0.29, 0.717) is 12.5 Å². The molecule has 0 aliphatic heterocycles. The highest BCUT2D eigenvalue weighted by atomic mass is 16.5. The molecule has 0 amide bonds. The summed E-state index contributed by atoms with van der Waals surface area (Å²) < 4.78 is 11.9. The molecule has 0 heterocycles. The van der Waals surface area contributed by atoms with Crippen LogP contribution in [0.4, 0.5) is 5.69 Å². The Morgan fingerprint density at radius 3 is 2.32 bits per heavy atom. The second-order valence-corrected chi connectivity index (χ2v) is 6.69. The van der Waals surface area contributed by atoms with Crippen LogP contribution in [0.5, 0.6) is 11.5 Å². The second kappa shape index (κ2) is 10.7. The highest BCUT2D eigenvalue weighted by Crippen LogP contribution is 2.26. The maximum atomic E-state index is 5.97. The Kier molecular flexibility index (Phi) is 8.17. The monoisotopic (exact) mass is 341 g/mol. The van der Waals surface area contributed by atoms with Crippen LogP contribution in [-0.2, 0) is 6.54 Å². The Morgan fingerprint density at radius 2 is 1.56 bits per heavy atom. The van der Waals surface area contributed by atoms with Gasteiger partial charge in [0.05, 0.1) is 18.9 Å². The van der Waals surface area contributed by atoms with E-state index < -0.39 is 0 Å². The molecule has 0 aliphatic rings. The molecule has 3 heteroatoms. The predicted octanol–water partition coefficient (Wildman–Crippen LogP) is 5.90. The highest BCUT2D eigenvalue weighted by molar-refractivity contribution is 5.56. The molecule has 0 unspecified atom stereocenters. The van der Waals surface area contributed by atoms with Crippen LogP contribution in [0.25, 0.3) is 0 Å². The van der Waals surface area contributed by atoms with E-state index in [-0.39, 0.29) is 0 Å². The van der Waals surface area contributed by atoms with Crippen molar-refractivity contribution in [1.82, 2.24) is 0 Å². The van der Waals surface area contributed by atoms with Gasteiger partial charge in [0.25, 0.3) is 0 Å². The number of ether oxygens (including phenoxy) is 2. The van der Waals surface area contributed by atoms with Crippen molar-refractivity contribution in [3.8, 4) is 11.5 Å². The van der Waals surface area contributed by atoms with Gasteiger partial charge in [0.1, 0.15) is 11.5 Å². The van der Waals surface area contributed by atoms with E-state index in [4.69, 9.17) is 9.47 Å². The summed E-state index contributed by atoms with van der Waals surface area (Å²) in [4.78, 5) is 0. The molecule has 0 bridgehead atoms. The number of rotatable bonds is 11. The largest absolute Gasteiger partial charge is 0.493 e. The van der Waals surface area contributed by atoms with Gasteiger partial charge < -0.3 is 14.8 Å². The Balaban J connectivity index is 1.97. The molecule has 0 atom stereocenters. The zero-order chi connectivity index (χ0) is 17.9. The van der Waals surface area contributed by atoms with Crippen molar-refractivity contribution in [3.63, 3.8) is 0 Å². The van der Waals surface area contributed by atoms with E-state index in [1.165, 1.54) is 0 Å². The smallest absolute Gasteiger partial charge is 0.142 e. The van der Waals surface area contributed by atoms with Crippen molar-refractivity contribution in [3.05, 3.63) is 54.1 Å². The van der Waals surface area contributed by atoms with Gasteiger partial charge in [0.2, 0.25) is 0 Å². The summed E-state index contributed by atoms with van der Waals surface area (Å²) in [6, 6.07) is 16.3. The topological polar surface area (TPSA) is 30.5 Å². The molecule has 2 aromatic rings. The van der Waals surface area contributed by atoms with Crippen LogP contribution in [0, 0.1) is 5.92 Å². The standard InChI is InChI=1S/C22H31NO2/c1-4-5-15-24-22-13-9-7-11-20(22)23-17-19-10-6-8-12-21(19)25-16-14-18(2)3/h6-13,18,23H,4-5,14-17H2,1-3H3. The van der Waals surface area contributed by atoms with Crippen molar-refractivity contribution >= 4 is 5.69 Å². The van der Waals surface area contributed by atoms with E-state index >= 15 is 0 Å². The van der Waals surface area contributed by atoms with Gasteiger partial charge in [-0.05, 0) is 37.0 Å². The minimum atomic E-state index is 0.650. The first-order valence-electron chi connectivity index (χ1n) is 9.37. The summed E-state index contributed by atoms with van der Waals surface area (Å²) in [5.41, 5.74) is 2.19. The number of hydrogen-bond donors (Lipinski definition) is 1. The summed E-state index contributed by atoms with van der Waals surface area (Å²) >= 11 is 0. The Labute approximate surface area is 152 Å². The Bertz CT molecular complexity index is 625. The van der Waals surface area contributed by atoms with Crippen molar-refractivity contribution in [2.75, 3.05) is 18.5 Å². The van der Waals surface area contributed by atoms with E-state index in [2.05, 4.69) is 44.3 Å². The zero-order valence-electron chi connectivity index (χ0n) is 15.8. The minimum Gasteiger partial charge on any atom is -0.493 e. The molecule has 0 spiro atoms. The van der Waals surface area contributed by atoms with Gasteiger partial charge in [-0.15, -0.1) is 0 Å². The van der Waals surface area contributed by atoms with E-state index in [1.54, 1.807) is 0 Å². The van der Waals surface area contributed by atoms with Crippen molar-refractivity contribution in [1.29, 1.82) is 0 Å². The third-order valence-electron chi connectivity index (χ3n) is 4.04. The lowest BCUT2D eigenvalue weighted by atomic mass is 10.1. The first-order chi connectivity index (χ1) is 12.2. The molecule has 0 fully saturated rings. The first-order valence-corrected chi connectivity index (χ1v) is 9.37. The summed E-state index contributed by atoms with van der Waals surface area (Å²) in [7, 11) is 0. The fraction of sp³-hybridized carbons (Fsp3) is 0.455. The molecule has 0 aliphatic carbocycles. The van der Waals surface area contributed by atoms with Crippen LogP contribution in [0.15, 0.2) is 48.5 Å². The average molecular weight is 341 g/mol. The lowest BCUT2D eigenvalue weighted by Gasteiger charge is -2.16. The Morgan fingerprint density at radius 1 is 0.880 bits per heavy atom. The minimum absolute atomic E-state index is 0.650. The van der Waals surface area contributed by atoms with Gasteiger partial charge in [-0.25, -0.2) is 0 Å².